The number of aryl methyl sites for hydroxylation is 1. The summed E-state index contributed by atoms with van der Waals surface area (Å²) in [4.78, 5) is 29.0. The van der Waals surface area contributed by atoms with Crippen LogP contribution >= 0.6 is 11.6 Å². The van der Waals surface area contributed by atoms with Crippen LogP contribution in [0.1, 0.15) is 44.8 Å². The van der Waals surface area contributed by atoms with E-state index in [0.29, 0.717) is 34.2 Å². The van der Waals surface area contributed by atoms with E-state index in [9.17, 15) is 9.59 Å². The number of nitrogens with one attached hydrogen (secondary N) is 1. The monoisotopic (exact) mass is 493 g/mol. The number of para-hydroxylation sites is 1. The molecule has 1 atom stereocenters. The van der Waals surface area contributed by atoms with E-state index < -0.39 is 11.6 Å². The smallest absolute Gasteiger partial charge is 0.251 e. The van der Waals surface area contributed by atoms with Crippen molar-refractivity contribution in [3.05, 3.63) is 77.2 Å². The third-order valence-electron chi connectivity index (χ3n) is 5.96. The van der Waals surface area contributed by atoms with Crippen molar-refractivity contribution in [2.24, 2.45) is 0 Å². The molecule has 0 fully saturated rings. The molecule has 2 aromatic heterocycles. The first-order chi connectivity index (χ1) is 16.7. The molecule has 2 aromatic carbocycles. The van der Waals surface area contributed by atoms with Crippen molar-refractivity contribution in [1.82, 2.24) is 20.3 Å². The Hall–Kier alpha value is -3.65. The van der Waals surface area contributed by atoms with E-state index in [-0.39, 0.29) is 18.4 Å². The van der Waals surface area contributed by atoms with Crippen molar-refractivity contribution >= 4 is 40.1 Å². The summed E-state index contributed by atoms with van der Waals surface area (Å²) in [5.74, 6) is 0.293. The van der Waals surface area contributed by atoms with Crippen LogP contribution in [-0.2, 0) is 16.1 Å². The molecule has 0 aliphatic heterocycles. The van der Waals surface area contributed by atoms with Gasteiger partial charge in [0.1, 0.15) is 23.6 Å². The van der Waals surface area contributed by atoms with Gasteiger partial charge in [0.25, 0.3) is 5.91 Å². The van der Waals surface area contributed by atoms with E-state index in [1.54, 1.807) is 43.3 Å². The third-order valence-corrected chi connectivity index (χ3v) is 6.21. The fourth-order valence-electron chi connectivity index (χ4n) is 3.74. The lowest BCUT2D eigenvalue weighted by molar-refractivity contribution is -0.128. The summed E-state index contributed by atoms with van der Waals surface area (Å²) in [6.45, 7) is 7.54. The predicted octanol–water partition coefficient (Wildman–Crippen LogP) is 5.07. The van der Waals surface area contributed by atoms with Crippen molar-refractivity contribution in [2.45, 2.75) is 52.2 Å². The van der Waals surface area contributed by atoms with E-state index >= 15 is 0 Å². The Balaban J connectivity index is 1.79. The molecule has 8 nitrogen and oxygen atoms in total. The second-order valence-corrected chi connectivity index (χ2v) is 9.49. The van der Waals surface area contributed by atoms with E-state index in [2.05, 4.69) is 15.6 Å². The number of rotatable bonds is 8. The number of amides is 2. The largest absolute Gasteiger partial charge is 0.464 e. The van der Waals surface area contributed by atoms with Gasteiger partial charge < -0.3 is 9.73 Å². The molecular formula is C26H28ClN5O3. The lowest BCUT2D eigenvalue weighted by Gasteiger charge is -2.33. The summed E-state index contributed by atoms with van der Waals surface area (Å²) in [5.41, 5.74) is 1.43. The zero-order valence-electron chi connectivity index (χ0n) is 20.2. The minimum absolute atomic E-state index is 0.121. The number of halogens is 1. The van der Waals surface area contributed by atoms with Gasteiger partial charge in [-0.2, -0.15) is 0 Å². The van der Waals surface area contributed by atoms with Gasteiger partial charge in [0.2, 0.25) is 5.91 Å². The van der Waals surface area contributed by atoms with Crippen LogP contribution in [0.5, 0.6) is 0 Å². The average molecular weight is 494 g/mol. The van der Waals surface area contributed by atoms with E-state index in [4.69, 9.17) is 16.0 Å². The Bertz CT molecular complexity index is 1340. The Kier molecular flexibility index (Phi) is 6.93. The maximum absolute atomic E-state index is 13.9. The predicted molar refractivity (Wildman–Crippen MR) is 135 cm³/mol. The van der Waals surface area contributed by atoms with Crippen LogP contribution in [0, 0.1) is 6.92 Å². The number of furan rings is 1. The Labute approximate surface area is 208 Å². The second-order valence-electron chi connectivity index (χ2n) is 9.05. The molecule has 2 amide bonds. The molecule has 4 rings (SSSR count). The summed E-state index contributed by atoms with van der Waals surface area (Å²) < 4.78 is 7.41. The van der Waals surface area contributed by atoms with Gasteiger partial charge in [-0.1, -0.05) is 35.9 Å². The Morgan fingerprint density at radius 1 is 1.11 bits per heavy atom. The number of nitrogens with zero attached hydrogens (tertiary/aromatic N) is 4. The Morgan fingerprint density at radius 3 is 2.49 bits per heavy atom. The topological polar surface area (TPSA) is 93.3 Å². The first-order valence-corrected chi connectivity index (χ1v) is 11.8. The molecule has 9 heteroatoms. The van der Waals surface area contributed by atoms with Crippen LogP contribution in [0.4, 0.5) is 5.69 Å². The third kappa shape index (κ3) is 5.38. The highest BCUT2D eigenvalue weighted by atomic mass is 35.5. The summed E-state index contributed by atoms with van der Waals surface area (Å²) in [7, 11) is 0. The maximum Gasteiger partial charge on any atom is 0.251 e. The van der Waals surface area contributed by atoms with Crippen molar-refractivity contribution in [2.75, 3.05) is 4.90 Å². The molecule has 0 radical (unpaired) electrons. The van der Waals surface area contributed by atoms with Crippen LogP contribution in [-0.4, -0.2) is 32.3 Å². The molecule has 0 spiro atoms. The standard InChI is InChI=1S/C26H28ClN5O3/c1-5-26(3,4)28-25(34)24(22-15-10-17(2)35-22)32(19-13-11-18(27)12-14-19)23(33)16-31-21-9-7-6-8-20(21)29-30-31/h6-15,24H,5,16H2,1-4H3,(H,28,34). The number of aromatic nitrogens is 3. The van der Waals surface area contributed by atoms with Crippen LogP contribution in [0.3, 0.4) is 0 Å². The lowest BCUT2D eigenvalue weighted by Crippen LogP contribution is -2.51. The van der Waals surface area contributed by atoms with Crippen LogP contribution in [0.2, 0.25) is 5.02 Å². The van der Waals surface area contributed by atoms with Gasteiger partial charge in [-0.05, 0) is 75.7 Å². The number of carbonyl (C=O) groups excluding carboxylic acids is 2. The number of benzene rings is 2. The van der Waals surface area contributed by atoms with Gasteiger partial charge >= 0.3 is 0 Å². The summed E-state index contributed by atoms with van der Waals surface area (Å²) in [6, 6.07) is 16.6. The Morgan fingerprint density at radius 2 is 1.83 bits per heavy atom. The highest BCUT2D eigenvalue weighted by molar-refractivity contribution is 6.30. The summed E-state index contributed by atoms with van der Waals surface area (Å²) >= 11 is 6.12. The molecule has 4 aromatic rings. The minimum atomic E-state index is -1.04. The normalized spacial score (nSPS) is 12.5. The molecule has 0 saturated carbocycles. The quantitative estimate of drug-likeness (QED) is 0.370. The number of fused-ring (bicyclic) bond motifs is 1. The summed E-state index contributed by atoms with van der Waals surface area (Å²) in [6.07, 6.45) is 0.711. The van der Waals surface area contributed by atoms with E-state index in [0.717, 1.165) is 5.52 Å². The van der Waals surface area contributed by atoms with Crippen molar-refractivity contribution in [3.63, 3.8) is 0 Å². The highest BCUT2D eigenvalue weighted by Crippen LogP contribution is 2.31. The van der Waals surface area contributed by atoms with Gasteiger partial charge in [-0.3, -0.25) is 14.5 Å². The zero-order chi connectivity index (χ0) is 25.2. The zero-order valence-corrected chi connectivity index (χ0v) is 20.9. The number of anilines is 1. The molecule has 0 aliphatic carbocycles. The average Bonchev–Trinajstić information content (AvgIpc) is 3.44. The summed E-state index contributed by atoms with van der Waals surface area (Å²) in [5, 5.41) is 11.9. The maximum atomic E-state index is 13.9. The lowest BCUT2D eigenvalue weighted by atomic mass is 10.0. The molecule has 35 heavy (non-hydrogen) atoms. The van der Waals surface area contributed by atoms with Gasteiger partial charge in [0, 0.05) is 16.2 Å². The van der Waals surface area contributed by atoms with E-state index in [1.165, 1.54) is 9.58 Å². The second kappa shape index (κ2) is 9.92. The first kappa shape index (κ1) is 24.5. The first-order valence-electron chi connectivity index (χ1n) is 11.4. The highest BCUT2D eigenvalue weighted by Gasteiger charge is 2.37. The molecule has 182 valence electrons. The fourth-order valence-corrected chi connectivity index (χ4v) is 3.87. The molecule has 2 heterocycles. The van der Waals surface area contributed by atoms with Crippen molar-refractivity contribution in [1.29, 1.82) is 0 Å². The van der Waals surface area contributed by atoms with Crippen LogP contribution < -0.4 is 10.2 Å². The van der Waals surface area contributed by atoms with Gasteiger partial charge in [-0.25, -0.2) is 4.68 Å². The fraction of sp³-hybridized carbons (Fsp3) is 0.308. The van der Waals surface area contributed by atoms with Gasteiger partial charge in [0.05, 0.1) is 5.52 Å². The van der Waals surface area contributed by atoms with Crippen LogP contribution in [0.25, 0.3) is 11.0 Å². The van der Waals surface area contributed by atoms with E-state index in [1.807, 2.05) is 45.0 Å². The molecule has 0 aliphatic rings. The molecular weight excluding hydrogens is 466 g/mol. The van der Waals surface area contributed by atoms with Gasteiger partial charge in [0.15, 0.2) is 6.04 Å². The van der Waals surface area contributed by atoms with Gasteiger partial charge in [-0.15, -0.1) is 5.10 Å². The van der Waals surface area contributed by atoms with Crippen molar-refractivity contribution in [3.8, 4) is 0 Å². The number of hydrogen-bond acceptors (Lipinski definition) is 5. The number of carbonyl (C=O) groups is 2. The molecule has 0 saturated heterocycles. The van der Waals surface area contributed by atoms with Crippen LogP contribution in [0.15, 0.2) is 65.1 Å². The molecule has 0 bridgehead atoms. The molecule has 1 N–H and O–H groups in total. The number of hydrogen-bond donors (Lipinski definition) is 1. The van der Waals surface area contributed by atoms with Crippen molar-refractivity contribution < 1.29 is 14.0 Å². The minimum Gasteiger partial charge on any atom is -0.464 e. The SMILES string of the molecule is CCC(C)(C)NC(=O)C(c1ccc(C)o1)N(C(=O)Cn1nnc2ccccc21)c1ccc(Cl)cc1. The molecule has 1 unspecified atom stereocenters.